The molecule has 1 N–H and O–H groups in total. The van der Waals surface area contributed by atoms with Gasteiger partial charge < -0.3 is 10.0 Å². The van der Waals surface area contributed by atoms with Gasteiger partial charge >= 0.3 is 0 Å². The molecule has 1 amide bonds. The van der Waals surface area contributed by atoms with Crippen molar-refractivity contribution in [2.75, 3.05) is 6.54 Å². The van der Waals surface area contributed by atoms with E-state index in [-0.39, 0.29) is 12.5 Å². The smallest absolute Gasteiger partial charge is 0.272 e. The van der Waals surface area contributed by atoms with Crippen molar-refractivity contribution in [1.82, 2.24) is 9.88 Å². The Morgan fingerprint density at radius 1 is 1.58 bits per heavy atom. The van der Waals surface area contributed by atoms with Gasteiger partial charge in [0.05, 0.1) is 6.61 Å². The van der Waals surface area contributed by atoms with Gasteiger partial charge in [0.15, 0.2) is 0 Å². The molecule has 0 saturated carbocycles. The summed E-state index contributed by atoms with van der Waals surface area (Å²) in [5, 5.41) is 9.12. The zero-order chi connectivity index (χ0) is 13.7. The number of carbonyl (C=O) groups is 1. The van der Waals surface area contributed by atoms with Crippen LogP contribution in [0.5, 0.6) is 0 Å². The van der Waals surface area contributed by atoms with E-state index in [0.717, 1.165) is 37.8 Å². The van der Waals surface area contributed by atoms with E-state index in [0.29, 0.717) is 11.7 Å². The average Bonchev–Trinajstić information content (AvgIpc) is 2.92. The normalized spacial score (nSPS) is 18.8. The Hall–Kier alpha value is -1.42. The van der Waals surface area contributed by atoms with Crippen LogP contribution >= 0.6 is 0 Å². The van der Waals surface area contributed by atoms with E-state index in [1.54, 1.807) is 18.3 Å². The molecular weight excluding hydrogens is 240 g/mol. The molecule has 104 valence electrons. The molecule has 4 heteroatoms. The number of likely N-dealkylation sites (tertiary alicyclic amines) is 1. The Bertz CT molecular complexity index is 434. The molecule has 1 aliphatic rings. The number of aliphatic hydroxyl groups is 1. The lowest BCUT2D eigenvalue weighted by Gasteiger charge is -2.24. The molecular formula is C15H22N2O2. The zero-order valence-electron chi connectivity index (χ0n) is 11.5. The monoisotopic (exact) mass is 262 g/mol. The fourth-order valence-electron chi connectivity index (χ4n) is 2.68. The molecule has 0 radical (unpaired) electrons. The molecule has 1 aromatic rings. The molecule has 19 heavy (non-hydrogen) atoms. The molecule has 4 nitrogen and oxygen atoms in total. The summed E-state index contributed by atoms with van der Waals surface area (Å²) in [7, 11) is 0. The maximum Gasteiger partial charge on any atom is 0.272 e. The molecule has 1 unspecified atom stereocenters. The molecule has 0 aromatic carbocycles. The first kappa shape index (κ1) is 14.0. The third-order valence-electron chi connectivity index (χ3n) is 3.75. The molecule has 1 fully saturated rings. The number of amides is 1. The maximum atomic E-state index is 12.5. The van der Waals surface area contributed by atoms with Gasteiger partial charge in [0.25, 0.3) is 5.91 Å². The van der Waals surface area contributed by atoms with Crippen molar-refractivity contribution >= 4 is 5.91 Å². The second-order valence-corrected chi connectivity index (χ2v) is 5.14. The van der Waals surface area contributed by atoms with Crippen LogP contribution in [-0.2, 0) is 6.61 Å². The van der Waals surface area contributed by atoms with Gasteiger partial charge in [-0.3, -0.25) is 9.78 Å². The van der Waals surface area contributed by atoms with Gasteiger partial charge in [0, 0.05) is 18.8 Å². The van der Waals surface area contributed by atoms with Crippen molar-refractivity contribution in [3.63, 3.8) is 0 Å². The number of hydrogen-bond acceptors (Lipinski definition) is 3. The van der Waals surface area contributed by atoms with Crippen LogP contribution in [0.2, 0.25) is 0 Å². The van der Waals surface area contributed by atoms with Crippen LogP contribution in [0.15, 0.2) is 18.3 Å². The Kier molecular flexibility index (Phi) is 4.91. The third-order valence-corrected chi connectivity index (χ3v) is 3.75. The Balaban J connectivity index is 2.09. The number of carbonyl (C=O) groups excluding carboxylic acids is 1. The molecule has 0 spiro atoms. The van der Waals surface area contributed by atoms with Gasteiger partial charge in [-0.15, -0.1) is 0 Å². The molecule has 2 rings (SSSR count). The van der Waals surface area contributed by atoms with E-state index in [1.165, 1.54) is 6.42 Å². The van der Waals surface area contributed by atoms with E-state index in [1.807, 2.05) is 4.90 Å². The lowest BCUT2D eigenvalue weighted by atomic mass is 10.1. The van der Waals surface area contributed by atoms with Gasteiger partial charge in [-0.05, 0) is 37.0 Å². The number of hydrogen-bond donors (Lipinski definition) is 1. The highest BCUT2D eigenvalue weighted by Crippen LogP contribution is 2.23. The minimum absolute atomic E-state index is 0.00824. The minimum atomic E-state index is -0.0535. The van der Waals surface area contributed by atoms with Crippen LogP contribution in [0.25, 0.3) is 0 Å². The molecule has 1 aliphatic heterocycles. The molecule has 1 aromatic heterocycles. The van der Waals surface area contributed by atoms with Crippen LogP contribution in [0.3, 0.4) is 0 Å². The number of unbranched alkanes of at least 4 members (excludes halogenated alkanes) is 1. The largest absolute Gasteiger partial charge is 0.392 e. The van der Waals surface area contributed by atoms with Crippen molar-refractivity contribution in [3.8, 4) is 0 Å². The van der Waals surface area contributed by atoms with Crippen LogP contribution in [0.4, 0.5) is 0 Å². The first-order chi connectivity index (χ1) is 9.26. The van der Waals surface area contributed by atoms with Crippen molar-refractivity contribution in [2.24, 2.45) is 0 Å². The Morgan fingerprint density at radius 2 is 2.42 bits per heavy atom. The second-order valence-electron chi connectivity index (χ2n) is 5.14. The van der Waals surface area contributed by atoms with Crippen LogP contribution in [0, 0.1) is 0 Å². The molecule has 1 atom stereocenters. The Morgan fingerprint density at radius 3 is 3.16 bits per heavy atom. The first-order valence-corrected chi connectivity index (χ1v) is 7.13. The molecule has 1 saturated heterocycles. The standard InChI is InChI=1S/C15H22N2O2/c1-2-3-5-13-6-4-9-17(13)15(19)14-10-12(11-18)7-8-16-14/h7-8,10,13,18H,2-6,9,11H2,1H3. The van der Waals surface area contributed by atoms with E-state index in [2.05, 4.69) is 11.9 Å². The number of nitrogens with zero attached hydrogens (tertiary/aromatic N) is 2. The topological polar surface area (TPSA) is 53.4 Å². The van der Waals surface area contributed by atoms with Crippen LogP contribution in [-0.4, -0.2) is 33.5 Å². The third kappa shape index (κ3) is 3.32. The summed E-state index contributed by atoms with van der Waals surface area (Å²) in [6.07, 6.45) is 7.19. The van der Waals surface area contributed by atoms with Gasteiger partial charge in [0.2, 0.25) is 0 Å². The van der Waals surface area contributed by atoms with Crippen LogP contribution < -0.4 is 0 Å². The van der Waals surface area contributed by atoms with Crippen molar-refractivity contribution in [3.05, 3.63) is 29.6 Å². The highest BCUT2D eigenvalue weighted by atomic mass is 16.3. The first-order valence-electron chi connectivity index (χ1n) is 7.13. The van der Waals surface area contributed by atoms with Gasteiger partial charge in [-0.2, -0.15) is 0 Å². The zero-order valence-corrected chi connectivity index (χ0v) is 11.5. The number of pyridine rings is 1. The van der Waals surface area contributed by atoms with Crippen molar-refractivity contribution in [1.29, 1.82) is 0 Å². The molecule has 0 aliphatic carbocycles. The van der Waals surface area contributed by atoms with E-state index < -0.39 is 0 Å². The average molecular weight is 262 g/mol. The summed E-state index contributed by atoms with van der Waals surface area (Å²) >= 11 is 0. The summed E-state index contributed by atoms with van der Waals surface area (Å²) in [5.41, 5.74) is 1.19. The number of rotatable bonds is 5. The van der Waals surface area contributed by atoms with Crippen molar-refractivity contribution < 1.29 is 9.90 Å². The highest BCUT2D eigenvalue weighted by Gasteiger charge is 2.29. The maximum absolute atomic E-state index is 12.5. The SMILES string of the molecule is CCCCC1CCCN1C(=O)c1cc(CO)ccn1. The predicted octanol–water partition coefficient (Wildman–Crippen LogP) is 2.37. The van der Waals surface area contributed by atoms with Gasteiger partial charge in [-0.25, -0.2) is 0 Å². The fourth-order valence-corrected chi connectivity index (χ4v) is 2.68. The Labute approximate surface area is 114 Å². The van der Waals surface area contributed by atoms with Gasteiger partial charge in [0.1, 0.15) is 5.69 Å². The van der Waals surface area contributed by atoms with E-state index in [4.69, 9.17) is 5.11 Å². The van der Waals surface area contributed by atoms with Gasteiger partial charge in [-0.1, -0.05) is 19.8 Å². The summed E-state index contributed by atoms with van der Waals surface area (Å²) in [5.74, 6) is 0.00824. The van der Waals surface area contributed by atoms with E-state index in [9.17, 15) is 4.79 Å². The summed E-state index contributed by atoms with van der Waals surface area (Å²) in [4.78, 5) is 18.6. The van der Waals surface area contributed by atoms with Crippen molar-refractivity contribution in [2.45, 2.75) is 51.7 Å². The quantitative estimate of drug-likeness (QED) is 0.886. The summed E-state index contributed by atoms with van der Waals surface area (Å²) < 4.78 is 0. The van der Waals surface area contributed by atoms with Crippen LogP contribution in [0.1, 0.15) is 55.1 Å². The summed E-state index contributed by atoms with van der Waals surface area (Å²) in [6, 6.07) is 3.79. The highest BCUT2D eigenvalue weighted by molar-refractivity contribution is 5.92. The van der Waals surface area contributed by atoms with E-state index >= 15 is 0 Å². The predicted molar refractivity (Wildman–Crippen MR) is 73.7 cm³/mol. The minimum Gasteiger partial charge on any atom is -0.392 e. The lowest BCUT2D eigenvalue weighted by Crippen LogP contribution is -2.36. The second kappa shape index (κ2) is 6.66. The number of aromatic nitrogens is 1. The molecule has 0 bridgehead atoms. The fraction of sp³-hybridized carbons (Fsp3) is 0.600. The number of aliphatic hydroxyl groups excluding tert-OH is 1. The lowest BCUT2D eigenvalue weighted by molar-refractivity contribution is 0.0722. The molecule has 2 heterocycles. The summed E-state index contributed by atoms with van der Waals surface area (Å²) in [6.45, 7) is 2.95.